The van der Waals surface area contributed by atoms with Gasteiger partial charge in [-0.25, -0.2) is 0 Å². The molecule has 0 aromatic heterocycles. The predicted molar refractivity (Wildman–Crippen MR) is 52.2 cm³/mol. The number of aliphatic carboxylic acids is 1. The van der Waals surface area contributed by atoms with E-state index in [0.717, 1.165) is 0 Å². The van der Waals surface area contributed by atoms with Crippen molar-refractivity contribution < 1.29 is 19.4 Å². The van der Waals surface area contributed by atoms with E-state index in [-0.39, 0.29) is 19.1 Å². The summed E-state index contributed by atoms with van der Waals surface area (Å²) in [4.78, 5) is 23.8. The lowest BCUT2D eigenvalue weighted by Crippen LogP contribution is -2.49. The molecular weight excluding hydrogens is 200 g/mol. The number of hydrogen-bond donors (Lipinski definition) is 2. The van der Waals surface area contributed by atoms with Crippen LogP contribution in [0.4, 0.5) is 0 Å². The summed E-state index contributed by atoms with van der Waals surface area (Å²) < 4.78 is 5.07. The Morgan fingerprint density at radius 3 is 2.60 bits per heavy atom. The van der Waals surface area contributed by atoms with Crippen molar-refractivity contribution in [3.8, 4) is 0 Å². The van der Waals surface area contributed by atoms with Crippen molar-refractivity contribution in [2.45, 2.75) is 19.0 Å². The molecule has 1 saturated heterocycles. The minimum absolute atomic E-state index is 0.149. The normalized spacial score (nSPS) is 27.4. The summed E-state index contributed by atoms with van der Waals surface area (Å²) in [5.41, 5.74) is 5.45. The van der Waals surface area contributed by atoms with Crippen molar-refractivity contribution in [2.75, 3.05) is 20.3 Å². The minimum Gasteiger partial charge on any atom is -0.481 e. The molecule has 1 amide bonds. The van der Waals surface area contributed by atoms with Gasteiger partial charge in [0.05, 0.1) is 25.3 Å². The van der Waals surface area contributed by atoms with E-state index in [0.29, 0.717) is 0 Å². The molecule has 0 bridgehead atoms. The third-order valence-corrected chi connectivity index (χ3v) is 2.60. The number of nitrogens with zero attached hydrogens (tertiary/aromatic N) is 1. The van der Waals surface area contributed by atoms with Gasteiger partial charge in [0.2, 0.25) is 5.91 Å². The molecule has 6 heteroatoms. The number of carbonyl (C=O) groups excluding carboxylic acids is 1. The maximum atomic E-state index is 11.6. The topological polar surface area (TPSA) is 92.9 Å². The van der Waals surface area contributed by atoms with E-state index in [1.165, 1.54) is 4.90 Å². The number of carboxylic acid groups (broad SMARTS) is 1. The summed E-state index contributed by atoms with van der Waals surface area (Å²) in [6, 6.07) is -1.04. The van der Waals surface area contributed by atoms with Crippen LogP contribution in [-0.4, -0.2) is 54.2 Å². The zero-order valence-corrected chi connectivity index (χ0v) is 8.84. The fraction of sp³-hybridized carbons (Fsp3) is 0.778. The van der Waals surface area contributed by atoms with Crippen LogP contribution in [0.2, 0.25) is 0 Å². The Morgan fingerprint density at radius 2 is 2.13 bits per heavy atom. The maximum absolute atomic E-state index is 11.6. The van der Waals surface area contributed by atoms with Crippen LogP contribution in [0.15, 0.2) is 0 Å². The van der Waals surface area contributed by atoms with E-state index in [9.17, 15) is 9.59 Å². The first-order valence-corrected chi connectivity index (χ1v) is 4.78. The van der Waals surface area contributed by atoms with Gasteiger partial charge < -0.3 is 20.5 Å². The van der Waals surface area contributed by atoms with Crippen LogP contribution in [0.5, 0.6) is 0 Å². The molecule has 3 N–H and O–H groups in total. The summed E-state index contributed by atoms with van der Waals surface area (Å²) in [7, 11) is 1.56. The van der Waals surface area contributed by atoms with Crippen molar-refractivity contribution in [2.24, 2.45) is 11.7 Å². The molecule has 6 nitrogen and oxygen atoms in total. The van der Waals surface area contributed by atoms with Crippen LogP contribution >= 0.6 is 0 Å². The van der Waals surface area contributed by atoms with Crippen LogP contribution in [0.1, 0.15) is 6.92 Å². The van der Waals surface area contributed by atoms with Gasteiger partial charge in [0.15, 0.2) is 0 Å². The minimum atomic E-state index is -0.943. The second-order valence-corrected chi connectivity index (χ2v) is 3.79. The lowest BCUT2D eigenvalue weighted by Gasteiger charge is -2.27. The third kappa shape index (κ3) is 2.45. The van der Waals surface area contributed by atoms with Crippen LogP contribution in [-0.2, 0) is 14.3 Å². The molecule has 0 spiro atoms. The molecule has 0 aromatic carbocycles. The molecule has 86 valence electrons. The zero-order valence-electron chi connectivity index (χ0n) is 8.84. The van der Waals surface area contributed by atoms with E-state index in [1.807, 2.05) is 0 Å². The van der Waals surface area contributed by atoms with Crippen molar-refractivity contribution >= 4 is 11.9 Å². The molecule has 3 atom stereocenters. The monoisotopic (exact) mass is 216 g/mol. The molecule has 1 aliphatic heterocycles. The Hall–Kier alpha value is -1.14. The Kier molecular flexibility index (Phi) is 3.65. The molecule has 15 heavy (non-hydrogen) atoms. The van der Waals surface area contributed by atoms with E-state index < -0.39 is 24.0 Å². The molecule has 1 aliphatic rings. The quantitative estimate of drug-likeness (QED) is 0.624. The lowest BCUT2D eigenvalue weighted by atomic mass is 10.0. The number of carboxylic acids is 1. The summed E-state index contributed by atoms with van der Waals surface area (Å²) in [5, 5.41) is 8.90. The molecule has 0 radical (unpaired) electrons. The van der Waals surface area contributed by atoms with Gasteiger partial charge in [-0.05, 0) is 6.92 Å². The Labute approximate surface area is 88.0 Å². The number of hydrogen-bond acceptors (Lipinski definition) is 4. The zero-order chi connectivity index (χ0) is 11.6. The first-order valence-electron chi connectivity index (χ1n) is 4.78. The van der Waals surface area contributed by atoms with E-state index >= 15 is 0 Å². The number of amides is 1. The maximum Gasteiger partial charge on any atom is 0.311 e. The fourth-order valence-corrected chi connectivity index (χ4v) is 1.65. The van der Waals surface area contributed by atoms with Crippen LogP contribution in [0, 0.1) is 5.92 Å². The summed E-state index contributed by atoms with van der Waals surface area (Å²) in [5.74, 6) is -1.86. The van der Waals surface area contributed by atoms with Crippen LogP contribution in [0.25, 0.3) is 0 Å². The molecule has 1 fully saturated rings. The van der Waals surface area contributed by atoms with E-state index in [2.05, 4.69) is 0 Å². The average molecular weight is 216 g/mol. The van der Waals surface area contributed by atoms with Crippen molar-refractivity contribution in [1.82, 2.24) is 4.90 Å². The van der Waals surface area contributed by atoms with Crippen molar-refractivity contribution in [3.05, 3.63) is 0 Å². The first-order chi connectivity index (χ1) is 6.95. The SMILES string of the molecule is C[C@@H](N)C(=O)N(C)C1COCC1C(=O)O. The first kappa shape index (κ1) is 11.9. The molecule has 0 aliphatic carbocycles. The molecule has 1 heterocycles. The van der Waals surface area contributed by atoms with Gasteiger partial charge in [0.1, 0.15) is 5.92 Å². The lowest BCUT2D eigenvalue weighted by molar-refractivity contribution is -0.144. The van der Waals surface area contributed by atoms with Gasteiger partial charge in [-0.3, -0.25) is 9.59 Å². The van der Waals surface area contributed by atoms with Gasteiger partial charge >= 0.3 is 5.97 Å². The standard InChI is InChI=1S/C9H16N2O4/c1-5(10)8(12)11(2)7-4-15-3-6(7)9(13)14/h5-7H,3-4,10H2,1-2H3,(H,13,14)/t5-,6?,7?/m1/s1. The van der Waals surface area contributed by atoms with Gasteiger partial charge in [-0.2, -0.15) is 0 Å². The summed E-state index contributed by atoms with van der Waals surface area (Å²) in [6.07, 6.45) is 0. The second-order valence-electron chi connectivity index (χ2n) is 3.79. The predicted octanol–water partition coefficient (Wildman–Crippen LogP) is -1.11. The Morgan fingerprint density at radius 1 is 1.53 bits per heavy atom. The molecule has 2 unspecified atom stereocenters. The molecule has 0 saturated carbocycles. The van der Waals surface area contributed by atoms with E-state index in [4.69, 9.17) is 15.6 Å². The van der Waals surface area contributed by atoms with Crippen molar-refractivity contribution in [1.29, 1.82) is 0 Å². The molecule has 1 rings (SSSR count). The van der Waals surface area contributed by atoms with Crippen LogP contribution < -0.4 is 5.73 Å². The van der Waals surface area contributed by atoms with E-state index in [1.54, 1.807) is 14.0 Å². The fourth-order valence-electron chi connectivity index (χ4n) is 1.65. The highest BCUT2D eigenvalue weighted by molar-refractivity contribution is 5.82. The number of rotatable bonds is 3. The highest BCUT2D eigenvalue weighted by Crippen LogP contribution is 2.19. The van der Waals surface area contributed by atoms with Gasteiger partial charge in [-0.1, -0.05) is 0 Å². The second kappa shape index (κ2) is 4.59. The molecular formula is C9H16N2O4. The highest BCUT2D eigenvalue weighted by atomic mass is 16.5. The average Bonchev–Trinajstić information content (AvgIpc) is 2.63. The third-order valence-electron chi connectivity index (χ3n) is 2.60. The number of likely N-dealkylation sites (N-methyl/N-ethyl adjacent to an activating group) is 1. The largest absolute Gasteiger partial charge is 0.481 e. The summed E-state index contributed by atoms with van der Waals surface area (Å²) in [6.45, 7) is 1.98. The highest BCUT2D eigenvalue weighted by Gasteiger charge is 2.38. The number of carbonyl (C=O) groups is 2. The van der Waals surface area contributed by atoms with Crippen molar-refractivity contribution in [3.63, 3.8) is 0 Å². The number of ether oxygens (including phenoxy) is 1. The van der Waals surface area contributed by atoms with Gasteiger partial charge in [0, 0.05) is 7.05 Å². The molecule has 0 aromatic rings. The number of nitrogens with two attached hydrogens (primary N) is 1. The summed E-state index contributed by atoms with van der Waals surface area (Å²) >= 11 is 0. The Balaban J connectivity index is 2.70. The smallest absolute Gasteiger partial charge is 0.311 e. The van der Waals surface area contributed by atoms with Gasteiger partial charge in [-0.15, -0.1) is 0 Å². The Bertz CT molecular complexity index is 267. The van der Waals surface area contributed by atoms with Gasteiger partial charge in [0.25, 0.3) is 0 Å². The van der Waals surface area contributed by atoms with Crippen LogP contribution in [0.3, 0.4) is 0 Å².